The predicted octanol–water partition coefficient (Wildman–Crippen LogP) is 3.69. The van der Waals surface area contributed by atoms with Crippen LogP contribution in [-0.4, -0.2) is 77.9 Å². The number of hydrogen-bond donors (Lipinski definition) is 6. The molecular formula is C45H43N5O8S. The molecule has 59 heavy (non-hydrogen) atoms. The van der Waals surface area contributed by atoms with Crippen molar-refractivity contribution < 1.29 is 38.6 Å². The Morgan fingerprint density at radius 3 is 1.92 bits per heavy atom. The van der Waals surface area contributed by atoms with Crippen molar-refractivity contribution in [2.75, 3.05) is 13.2 Å². The van der Waals surface area contributed by atoms with Gasteiger partial charge in [0.2, 0.25) is 23.6 Å². The lowest BCUT2D eigenvalue weighted by Gasteiger charge is -2.27. The molecule has 4 atom stereocenters. The van der Waals surface area contributed by atoms with Gasteiger partial charge in [-0.1, -0.05) is 110 Å². The van der Waals surface area contributed by atoms with Gasteiger partial charge in [0, 0.05) is 24.1 Å². The minimum Gasteiger partial charge on any atom is -0.484 e. The summed E-state index contributed by atoms with van der Waals surface area (Å²) in [6.07, 6.45) is -0.0435. The number of nitrogens with one attached hydrogen (secondary N) is 5. The lowest BCUT2D eigenvalue weighted by atomic mass is 9.98. The van der Waals surface area contributed by atoms with Crippen LogP contribution in [0.4, 0.5) is 0 Å². The number of fused-ring (bicyclic) bond motifs is 16. The summed E-state index contributed by atoms with van der Waals surface area (Å²) in [6, 6.07) is 31.1. The smallest absolute Gasteiger partial charge is 0.322 e. The van der Waals surface area contributed by atoms with Crippen molar-refractivity contribution in [1.82, 2.24) is 26.6 Å². The molecule has 7 rings (SSSR count). The second kappa shape index (κ2) is 19.9. The van der Waals surface area contributed by atoms with Crippen LogP contribution in [0.3, 0.4) is 0 Å². The summed E-state index contributed by atoms with van der Waals surface area (Å²) < 4.78 is 5.73. The van der Waals surface area contributed by atoms with Gasteiger partial charge in [-0.15, -0.1) is 11.3 Å². The van der Waals surface area contributed by atoms with Gasteiger partial charge in [0.15, 0.2) is 6.61 Å². The largest absolute Gasteiger partial charge is 0.484 e. The molecule has 0 fully saturated rings. The van der Waals surface area contributed by atoms with Gasteiger partial charge in [-0.05, 0) is 57.0 Å². The SMILES string of the molecule is C=C(c1cccs1)C1NC(=O)COc2ccc(cc2)CC(C(=O)NCC(=O)O)NC(=O)C(Cc2ccccc2)NC(=O)C(Cc2ccc(-c3ccccc3)cc2)NC1=O. The standard InChI is InChI=1S/C45H43N5O8S/c1-28(38-13-8-22-59-38)41-45(57)49-37(25-30-14-18-33(19-15-30)32-11-6-3-7-12-32)44(56)48-36(23-29-9-4-2-5-10-29)43(55)47-35(42(54)46-26-40(52)53)24-31-16-20-34(21-17-31)58-27-39(51)50-41/h2-22,35-37,41H,1,23-27H2,(H,46,54)(H,47,55)(H,48,56)(H,49,57)(H,50,51)(H,52,53). The van der Waals surface area contributed by atoms with Crippen molar-refractivity contribution in [3.63, 3.8) is 0 Å². The maximum absolute atomic E-state index is 14.5. The number of benzene rings is 4. The normalized spacial score (nSPS) is 19.0. The molecule has 2 aliphatic heterocycles. The van der Waals surface area contributed by atoms with Crippen molar-refractivity contribution >= 4 is 52.4 Å². The lowest BCUT2D eigenvalue weighted by Crippen LogP contribution is -2.59. The molecule has 3 heterocycles. The van der Waals surface area contributed by atoms with Crippen LogP contribution in [0.1, 0.15) is 21.6 Å². The number of ether oxygens (including phenoxy) is 1. The first-order valence-electron chi connectivity index (χ1n) is 18.8. The van der Waals surface area contributed by atoms with Gasteiger partial charge in [0.1, 0.15) is 36.5 Å². The monoisotopic (exact) mass is 813 g/mol. The highest BCUT2D eigenvalue weighted by atomic mass is 32.1. The average Bonchev–Trinajstić information content (AvgIpc) is 3.79. The molecule has 0 saturated heterocycles. The van der Waals surface area contributed by atoms with Crippen LogP contribution in [0, 0.1) is 0 Å². The molecule has 0 spiro atoms. The Labute approximate surface area is 344 Å². The summed E-state index contributed by atoms with van der Waals surface area (Å²) in [4.78, 5) is 81.7. The van der Waals surface area contributed by atoms with Crippen molar-refractivity contribution in [3.8, 4) is 16.9 Å². The summed E-state index contributed by atoms with van der Waals surface area (Å²) in [5, 5.41) is 24.5. The summed E-state index contributed by atoms with van der Waals surface area (Å²) in [6.45, 7) is 2.99. The third-order valence-electron chi connectivity index (χ3n) is 9.58. The number of carbonyl (C=O) groups is 6. The molecular weight excluding hydrogens is 771 g/mol. The van der Waals surface area contributed by atoms with E-state index in [4.69, 9.17) is 4.74 Å². The van der Waals surface area contributed by atoms with Crippen molar-refractivity contribution in [3.05, 3.63) is 155 Å². The highest BCUT2D eigenvalue weighted by molar-refractivity contribution is 7.11. The number of aliphatic carboxylic acids is 1. The van der Waals surface area contributed by atoms with Crippen molar-refractivity contribution in [2.45, 2.75) is 43.4 Å². The highest BCUT2D eigenvalue weighted by Gasteiger charge is 2.33. The summed E-state index contributed by atoms with van der Waals surface area (Å²) in [5.74, 6) is -4.50. The van der Waals surface area contributed by atoms with Crippen LogP contribution in [0.15, 0.2) is 133 Å². The number of carboxylic acids is 1. The van der Waals surface area contributed by atoms with Crippen LogP contribution in [0.2, 0.25) is 0 Å². The quantitative estimate of drug-likeness (QED) is 0.115. The topological polar surface area (TPSA) is 192 Å². The van der Waals surface area contributed by atoms with Crippen LogP contribution < -0.4 is 31.3 Å². The van der Waals surface area contributed by atoms with Gasteiger partial charge in [0.25, 0.3) is 5.91 Å². The highest BCUT2D eigenvalue weighted by Crippen LogP contribution is 2.23. The van der Waals surface area contributed by atoms with E-state index >= 15 is 0 Å². The van der Waals surface area contributed by atoms with Gasteiger partial charge in [-0.3, -0.25) is 28.8 Å². The van der Waals surface area contributed by atoms with E-state index in [2.05, 4.69) is 33.2 Å². The molecule has 1 aromatic heterocycles. The first-order chi connectivity index (χ1) is 28.5. The third-order valence-corrected chi connectivity index (χ3v) is 10.5. The zero-order valence-electron chi connectivity index (χ0n) is 31.9. The second-order valence-electron chi connectivity index (χ2n) is 13.9. The van der Waals surface area contributed by atoms with Gasteiger partial charge in [0.05, 0.1) is 0 Å². The molecule has 13 nitrogen and oxygen atoms in total. The first kappa shape index (κ1) is 41.6. The van der Waals surface area contributed by atoms with E-state index in [9.17, 15) is 33.9 Å². The van der Waals surface area contributed by atoms with Crippen molar-refractivity contribution in [1.29, 1.82) is 0 Å². The summed E-state index contributed by atoms with van der Waals surface area (Å²) in [5.41, 5.74) is 4.20. The van der Waals surface area contributed by atoms with E-state index in [1.54, 1.807) is 66.7 Å². The Kier molecular flexibility index (Phi) is 14.0. The van der Waals surface area contributed by atoms with E-state index in [0.717, 1.165) is 11.1 Å². The van der Waals surface area contributed by atoms with Crippen molar-refractivity contribution in [2.24, 2.45) is 0 Å². The molecule has 6 N–H and O–H groups in total. The maximum Gasteiger partial charge on any atom is 0.322 e. The first-order valence-corrected chi connectivity index (χ1v) is 19.7. The van der Waals surface area contributed by atoms with E-state index in [-0.39, 0.29) is 19.3 Å². The maximum atomic E-state index is 14.5. The molecule has 5 aromatic rings. The Bertz CT molecular complexity index is 2270. The van der Waals surface area contributed by atoms with Crippen LogP contribution in [-0.2, 0) is 48.0 Å². The Morgan fingerprint density at radius 2 is 1.29 bits per heavy atom. The third kappa shape index (κ3) is 11.7. The number of carboxylic acid groups (broad SMARTS) is 1. The molecule has 4 unspecified atom stereocenters. The fourth-order valence-corrected chi connectivity index (χ4v) is 7.22. The summed E-state index contributed by atoms with van der Waals surface area (Å²) >= 11 is 1.33. The van der Waals surface area contributed by atoms with E-state index in [1.165, 1.54) is 11.3 Å². The lowest BCUT2D eigenvalue weighted by molar-refractivity contribution is -0.138. The van der Waals surface area contributed by atoms with E-state index in [0.29, 0.717) is 32.9 Å². The Morgan fingerprint density at radius 1 is 0.695 bits per heavy atom. The molecule has 2 aliphatic rings. The molecule has 5 amide bonds. The fraction of sp³-hybridized carbons (Fsp3) is 0.200. The van der Waals surface area contributed by atoms with E-state index in [1.807, 2.05) is 60.0 Å². The summed E-state index contributed by atoms with van der Waals surface area (Å²) in [7, 11) is 0. The second-order valence-corrected chi connectivity index (χ2v) is 14.8. The van der Waals surface area contributed by atoms with Crippen LogP contribution in [0.25, 0.3) is 16.7 Å². The Hall–Kier alpha value is -7.06. The molecule has 0 aliphatic carbocycles. The Balaban J connectivity index is 1.37. The molecule has 2 bridgehead atoms. The van der Waals surface area contributed by atoms with Gasteiger partial charge in [-0.2, -0.15) is 0 Å². The van der Waals surface area contributed by atoms with Gasteiger partial charge < -0.3 is 36.4 Å². The molecule has 0 saturated carbocycles. The zero-order chi connectivity index (χ0) is 41.7. The van der Waals surface area contributed by atoms with Gasteiger partial charge >= 0.3 is 5.97 Å². The number of thiophene rings is 1. The molecule has 302 valence electrons. The number of carbonyl (C=O) groups excluding carboxylic acids is 5. The number of rotatable bonds is 10. The minimum atomic E-state index is -1.31. The molecule has 4 aromatic carbocycles. The minimum absolute atomic E-state index is 0.00419. The number of amides is 5. The average molecular weight is 814 g/mol. The molecule has 0 radical (unpaired) electrons. The predicted molar refractivity (Wildman–Crippen MR) is 223 cm³/mol. The molecule has 14 heteroatoms. The van der Waals surface area contributed by atoms with Gasteiger partial charge in [-0.25, -0.2) is 0 Å². The number of hydrogen-bond acceptors (Lipinski definition) is 8. The van der Waals surface area contributed by atoms with E-state index < -0.39 is 72.8 Å². The van der Waals surface area contributed by atoms with Crippen LogP contribution >= 0.6 is 11.3 Å². The van der Waals surface area contributed by atoms with Crippen LogP contribution in [0.5, 0.6) is 5.75 Å². The zero-order valence-corrected chi connectivity index (χ0v) is 32.7. The fourth-order valence-electron chi connectivity index (χ4n) is 6.49.